The summed E-state index contributed by atoms with van der Waals surface area (Å²) in [5.74, 6) is 1.73. The van der Waals surface area contributed by atoms with Gasteiger partial charge in [-0.15, -0.1) is 12.4 Å². The highest BCUT2D eigenvalue weighted by Crippen LogP contribution is 2.30. The zero-order valence-electron chi connectivity index (χ0n) is 10.5. The molecule has 2 aromatic heterocycles. The van der Waals surface area contributed by atoms with E-state index in [1.807, 2.05) is 12.1 Å². The van der Waals surface area contributed by atoms with Crippen molar-refractivity contribution in [1.82, 2.24) is 15.5 Å². The van der Waals surface area contributed by atoms with E-state index >= 15 is 0 Å². The molecule has 19 heavy (non-hydrogen) atoms. The molecule has 7 heteroatoms. The average Bonchev–Trinajstić information content (AvgIpc) is 2.98. The second-order valence-electron chi connectivity index (χ2n) is 4.74. The third kappa shape index (κ3) is 2.85. The van der Waals surface area contributed by atoms with Crippen molar-refractivity contribution in [3.05, 3.63) is 22.7 Å². The first-order valence-electron chi connectivity index (χ1n) is 6.02. The van der Waals surface area contributed by atoms with Crippen molar-refractivity contribution in [2.45, 2.75) is 31.7 Å². The largest absolute Gasteiger partial charge is 0.446 e. The number of aromatic nitrogens is 2. The molecule has 5 nitrogen and oxygen atoms in total. The lowest BCUT2D eigenvalue weighted by molar-refractivity contribution is 0.207. The zero-order valence-corrected chi connectivity index (χ0v) is 12.9. The Labute approximate surface area is 125 Å². The molecule has 0 spiro atoms. The van der Waals surface area contributed by atoms with Crippen LogP contribution in [0.4, 0.5) is 0 Å². The fourth-order valence-corrected chi connectivity index (χ4v) is 2.53. The zero-order chi connectivity index (χ0) is 12.6. The smallest absolute Gasteiger partial charge is 0.247 e. The number of nitrogens with one attached hydrogen (secondary N) is 1. The van der Waals surface area contributed by atoms with Gasteiger partial charge in [0.15, 0.2) is 10.4 Å². The second-order valence-corrected chi connectivity index (χ2v) is 5.52. The minimum atomic E-state index is -0.215. The highest BCUT2D eigenvalue weighted by Gasteiger charge is 2.34. The van der Waals surface area contributed by atoms with Gasteiger partial charge in [0.2, 0.25) is 11.7 Å². The Morgan fingerprint density at radius 3 is 2.84 bits per heavy atom. The first-order chi connectivity index (χ1) is 8.67. The van der Waals surface area contributed by atoms with Crippen LogP contribution in [-0.4, -0.2) is 16.7 Å². The van der Waals surface area contributed by atoms with Gasteiger partial charge in [0.25, 0.3) is 0 Å². The van der Waals surface area contributed by atoms with Crippen LogP contribution in [0.25, 0.3) is 11.6 Å². The first-order valence-corrected chi connectivity index (χ1v) is 6.82. The van der Waals surface area contributed by atoms with Gasteiger partial charge in [0, 0.05) is 0 Å². The molecule has 2 aromatic rings. The van der Waals surface area contributed by atoms with Crippen molar-refractivity contribution in [3.63, 3.8) is 0 Å². The number of halogens is 2. The predicted octanol–water partition coefficient (Wildman–Crippen LogP) is 3.50. The lowest BCUT2D eigenvalue weighted by Crippen LogP contribution is -2.43. The molecule has 0 saturated carbocycles. The normalized spacial score (nSPS) is 23.1. The van der Waals surface area contributed by atoms with Gasteiger partial charge in [-0.25, -0.2) is 0 Å². The first kappa shape index (κ1) is 14.6. The average molecular weight is 349 g/mol. The molecule has 1 unspecified atom stereocenters. The van der Waals surface area contributed by atoms with E-state index in [1.165, 1.54) is 12.8 Å². The van der Waals surface area contributed by atoms with E-state index in [-0.39, 0.29) is 17.9 Å². The second kappa shape index (κ2) is 5.64. The van der Waals surface area contributed by atoms with E-state index in [1.54, 1.807) is 0 Å². The van der Waals surface area contributed by atoms with Crippen LogP contribution < -0.4 is 5.32 Å². The van der Waals surface area contributed by atoms with Gasteiger partial charge >= 0.3 is 0 Å². The molecular weight excluding hydrogens is 334 g/mol. The Bertz CT molecular complexity index is 549. The van der Waals surface area contributed by atoms with Crippen LogP contribution >= 0.6 is 28.3 Å². The minimum Gasteiger partial charge on any atom is -0.446 e. The summed E-state index contributed by atoms with van der Waals surface area (Å²) >= 11 is 3.26. The maximum absolute atomic E-state index is 5.41. The third-order valence-corrected chi connectivity index (χ3v) is 3.74. The van der Waals surface area contributed by atoms with Gasteiger partial charge in [0.1, 0.15) is 0 Å². The molecule has 1 N–H and O–H groups in total. The van der Waals surface area contributed by atoms with Crippen LogP contribution in [0.1, 0.15) is 32.1 Å². The van der Waals surface area contributed by atoms with Gasteiger partial charge in [-0.05, 0) is 60.8 Å². The standard InChI is InChI=1S/C12H14BrN3O2.ClH/c1-12(6-2-3-7-14-12)11-15-10(16-18-11)8-4-5-9(13)17-8;/h4-5,14H,2-3,6-7H2,1H3;1H. The van der Waals surface area contributed by atoms with Crippen molar-refractivity contribution in [2.75, 3.05) is 6.54 Å². The molecule has 1 saturated heterocycles. The van der Waals surface area contributed by atoms with Gasteiger partial charge in [-0.2, -0.15) is 4.98 Å². The number of piperidine rings is 1. The molecular formula is C12H15BrClN3O2. The highest BCUT2D eigenvalue weighted by atomic mass is 79.9. The Hall–Kier alpha value is -0.850. The summed E-state index contributed by atoms with van der Waals surface area (Å²) in [4.78, 5) is 4.43. The van der Waals surface area contributed by atoms with E-state index in [0.717, 1.165) is 13.0 Å². The van der Waals surface area contributed by atoms with Crippen LogP contribution in [0.5, 0.6) is 0 Å². The lowest BCUT2D eigenvalue weighted by Gasteiger charge is -2.31. The predicted molar refractivity (Wildman–Crippen MR) is 76.2 cm³/mol. The van der Waals surface area contributed by atoms with E-state index in [9.17, 15) is 0 Å². The Morgan fingerprint density at radius 1 is 1.37 bits per heavy atom. The summed E-state index contributed by atoms with van der Waals surface area (Å²) in [6, 6.07) is 3.63. The molecule has 3 rings (SSSR count). The van der Waals surface area contributed by atoms with E-state index in [4.69, 9.17) is 8.94 Å². The lowest BCUT2D eigenvalue weighted by atomic mass is 9.91. The highest BCUT2D eigenvalue weighted by molar-refractivity contribution is 9.10. The Morgan fingerprint density at radius 2 is 2.21 bits per heavy atom. The maximum atomic E-state index is 5.41. The number of rotatable bonds is 2. The summed E-state index contributed by atoms with van der Waals surface area (Å²) in [5.41, 5.74) is -0.215. The number of hydrogen-bond donors (Lipinski definition) is 1. The number of nitrogens with zero attached hydrogens (tertiary/aromatic N) is 2. The van der Waals surface area contributed by atoms with Crippen molar-refractivity contribution in [3.8, 4) is 11.6 Å². The summed E-state index contributed by atoms with van der Waals surface area (Å²) in [6.07, 6.45) is 3.38. The minimum absolute atomic E-state index is 0. The number of furan rings is 1. The van der Waals surface area contributed by atoms with Gasteiger partial charge < -0.3 is 14.3 Å². The van der Waals surface area contributed by atoms with Gasteiger partial charge in [0.05, 0.1) is 5.54 Å². The van der Waals surface area contributed by atoms with Crippen molar-refractivity contribution in [1.29, 1.82) is 0 Å². The molecule has 0 aliphatic carbocycles. The van der Waals surface area contributed by atoms with E-state index in [0.29, 0.717) is 22.1 Å². The van der Waals surface area contributed by atoms with Crippen molar-refractivity contribution in [2.24, 2.45) is 0 Å². The quantitative estimate of drug-likeness (QED) is 0.900. The molecule has 1 aliphatic heterocycles. The third-order valence-electron chi connectivity index (χ3n) is 3.31. The van der Waals surface area contributed by atoms with Gasteiger partial charge in [-0.3, -0.25) is 0 Å². The Kier molecular flexibility index (Phi) is 4.32. The van der Waals surface area contributed by atoms with Crippen LogP contribution in [0.15, 0.2) is 25.7 Å². The SMILES string of the molecule is CC1(c2nc(-c3ccc(Br)o3)no2)CCCCN1.Cl. The maximum Gasteiger partial charge on any atom is 0.247 e. The summed E-state index contributed by atoms with van der Waals surface area (Å²) in [5, 5.41) is 7.43. The molecule has 1 aliphatic rings. The van der Waals surface area contributed by atoms with Crippen LogP contribution in [-0.2, 0) is 5.54 Å². The molecule has 104 valence electrons. The molecule has 0 aromatic carbocycles. The summed E-state index contributed by atoms with van der Waals surface area (Å²) < 4.78 is 11.4. The van der Waals surface area contributed by atoms with Crippen LogP contribution in [0.2, 0.25) is 0 Å². The van der Waals surface area contributed by atoms with Crippen LogP contribution in [0.3, 0.4) is 0 Å². The van der Waals surface area contributed by atoms with Crippen molar-refractivity contribution < 1.29 is 8.94 Å². The molecule has 0 radical (unpaired) electrons. The van der Waals surface area contributed by atoms with Crippen molar-refractivity contribution >= 4 is 28.3 Å². The topological polar surface area (TPSA) is 64.1 Å². The Balaban J connectivity index is 0.00000133. The van der Waals surface area contributed by atoms with Crippen LogP contribution in [0, 0.1) is 0 Å². The molecule has 1 fully saturated rings. The molecule has 0 amide bonds. The molecule has 0 bridgehead atoms. The monoisotopic (exact) mass is 347 g/mol. The summed E-state index contributed by atoms with van der Waals surface area (Å²) in [6.45, 7) is 3.09. The fourth-order valence-electron chi connectivity index (χ4n) is 2.22. The summed E-state index contributed by atoms with van der Waals surface area (Å²) in [7, 11) is 0. The van der Waals surface area contributed by atoms with E-state index < -0.39 is 0 Å². The van der Waals surface area contributed by atoms with E-state index in [2.05, 4.69) is 38.3 Å². The fraction of sp³-hybridized carbons (Fsp3) is 0.500. The molecule has 1 atom stereocenters. The number of hydrogen-bond acceptors (Lipinski definition) is 5. The molecule has 3 heterocycles. The van der Waals surface area contributed by atoms with Gasteiger partial charge in [-0.1, -0.05) is 5.16 Å².